The second-order valence-corrected chi connectivity index (χ2v) is 8.00. The molecule has 2 heterocycles. The maximum absolute atomic E-state index is 13.4. The molecule has 0 aliphatic rings. The van der Waals surface area contributed by atoms with Gasteiger partial charge in [0, 0.05) is 11.8 Å². The van der Waals surface area contributed by atoms with Gasteiger partial charge in [-0.1, -0.05) is 26.0 Å². The van der Waals surface area contributed by atoms with Crippen molar-refractivity contribution in [3.8, 4) is 17.1 Å². The van der Waals surface area contributed by atoms with Crippen LogP contribution in [0.15, 0.2) is 75.2 Å². The van der Waals surface area contributed by atoms with Gasteiger partial charge in [0.05, 0.1) is 23.8 Å². The zero-order valence-electron chi connectivity index (χ0n) is 19.3. The Morgan fingerprint density at radius 3 is 2.73 bits per heavy atom. The van der Waals surface area contributed by atoms with Crippen molar-refractivity contribution >= 4 is 23.2 Å². The lowest BCUT2D eigenvalue weighted by Crippen LogP contribution is -2.20. The van der Waals surface area contributed by atoms with Crippen LogP contribution >= 0.6 is 0 Å². The van der Waals surface area contributed by atoms with Crippen LogP contribution in [0.25, 0.3) is 28.4 Å². The minimum absolute atomic E-state index is 0.224. The van der Waals surface area contributed by atoms with Crippen molar-refractivity contribution in [3.05, 3.63) is 88.1 Å². The number of ether oxygens (including phenoxy) is 1. The van der Waals surface area contributed by atoms with Gasteiger partial charge in [0.2, 0.25) is 0 Å². The largest absolute Gasteiger partial charge is 0.494 e. The first-order valence-electron chi connectivity index (χ1n) is 11.0. The molecule has 0 fully saturated rings. The van der Waals surface area contributed by atoms with E-state index in [-0.39, 0.29) is 11.5 Å². The van der Waals surface area contributed by atoms with Crippen LogP contribution in [0.5, 0.6) is 5.75 Å². The standard InChI is InChI=1S/C27H27N3O3/c1-5-32-25-16-19(4)23(17-22(25)18(2)3)26-29-24-13-7-6-12-21(24)27(31)30(26)28-14-8-10-20-11-9-15-33-20/h6-18H,5H2,1-4H3/b10-8+,28-14?. The first kappa shape index (κ1) is 22.3. The molecule has 4 aromatic rings. The molecule has 2 aromatic carbocycles. The Hall–Kier alpha value is -3.93. The molecule has 0 unspecified atom stereocenters. The Morgan fingerprint density at radius 2 is 2.00 bits per heavy atom. The molecule has 6 nitrogen and oxygen atoms in total. The van der Waals surface area contributed by atoms with Gasteiger partial charge in [-0.15, -0.1) is 0 Å². The quantitative estimate of drug-likeness (QED) is 0.328. The van der Waals surface area contributed by atoms with Crippen LogP contribution in [0.3, 0.4) is 0 Å². The first-order valence-corrected chi connectivity index (χ1v) is 11.0. The highest BCUT2D eigenvalue weighted by Crippen LogP contribution is 2.34. The second-order valence-electron chi connectivity index (χ2n) is 8.00. The molecule has 0 saturated heterocycles. The molecule has 0 radical (unpaired) electrons. The van der Waals surface area contributed by atoms with Gasteiger partial charge >= 0.3 is 0 Å². The number of hydrogen-bond acceptors (Lipinski definition) is 5. The molecule has 4 rings (SSSR count). The number of aromatic nitrogens is 2. The Labute approximate surface area is 192 Å². The highest BCUT2D eigenvalue weighted by atomic mass is 16.5. The van der Waals surface area contributed by atoms with Gasteiger partial charge in [0.15, 0.2) is 5.82 Å². The number of fused-ring (bicyclic) bond motifs is 1. The minimum atomic E-state index is -0.224. The molecule has 6 heteroatoms. The molecule has 0 aliphatic carbocycles. The van der Waals surface area contributed by atoms with Crippen LogP contribution in [-0.4, -0.2) is 22.5 Å². The summed E-state index contributed by atoms with van der Waals surface area (Å²) in [6.07, 6.45) is 6.68. The van der Waals surface area contributed by atoms with Crippen molar-refractivity contribution in [1.82, 2.24) is 9.66 Å². The number of rotatable bonds is 7. The predicted molar refractivity (Wildman–Crippen MR) is 133 cm³/mol. The second kappa shape index (κ2) is 9.69. The predicted octanol–water partition coefficient (Wildman–Crippen LogP) is 6.03. The molecular formula is C27H27N3O3. The van der Waals surface area contributed by atoms with Gasteiger partial charge < -0.3 is 9.15 Å². The van der Waals surface area contributed by atoms with E-state index in [0.29, 0.717) is 29.1 Å². The number of furan rings is 1. The van der Waals surface area contributed by atoms with Crippen LogP contribution in [0.2, 0.25) is 0 Å². The zero-order valence-corrected chi connectivity index (χ0v) is 19.3. The molecule has 0 spiro atoms. The van der Waals surface area contributed by atoms with Crippen LogP contribution < -0.4 is 10.3 Å². The van der Waals surface area contributed by atoms with Gasteiger partial charge in [0.1, 0.15) is 11.5 Å². The molecule has 0 saturated carbocycles. The molecular weight excluding hydrogens is 414 g/mol. The van der Waals surface area contributed by atoms with Gasteiger partial charge in [0.25, 0.3) is 5.56 Å². The number of para-hydroxylation sites is 1. The van der Waals surface area contributed by atoms with Gasteiger partial charge in [-0.3, -0.25) is 4.79 Å². The number of benzene rings is 2. The smallest absolute Gasteiger partial charge is 0.282 e. The summed E-state index contributed by atoms with van der Waals surface area (Å²) >= 11 is 0. The SMILES string of the molecule is CCOc1cc(C)c(-c2nc3ccccc3c(=O)n2N=C/C=C/c2ccco2)cc1C(C)C. The van der Waals surface area contributed by atoms with E-state index >= 15 is 0 Å². The Bertz CT molecular complexity index is 1380. The highest BCUT2D eigenvalue weighted by Gasteiger charge is 2.18. The van der Waals surface area contributed by atoms with Gasteiger partial charge in [-0.25, -0.2) is 4.98 Å². The zero-order chi connectivity index (χ0) is 23.4. The van der Waals surface area contributed by atoms with Crippen molar-refractivity contribution in [2.24, 2.45) is 5.10 Å². The summed E-state index contributed by atoms with van der Waals surface area (Å²) < 4.78 is 12.5. The van der Waals surface area contributed by atoms with E-state index < -0.39 is 0 Å². The van der Waals surface area contributed by atoms with Crippen molar-refractivity contribution in [3.63, 3.8) is 0 Å². The Kier molecular flexibility index (Phi) is 6.54. The number of nitrogens with zero attached hydrogens (tertiary/aromatic N) is 3. The third-order valence-corrected chi connectivity index (χ3v) is 5.35. The molecule has 0 atom stereocenters. The van der Waals surface area contributed by atoms with E-state index in [1.165, 1.54) is 4.68 Å². The molecule has 0 aliphatic heterocycles. The summed E-state index contributed by atoms with van der Waals surface area (Å²) in [7, 11) is 0. The number of allylic oxidation sites excluding steroid dienone is 1. The molecule has 33 heavy (non-hydrogen) atoms. The van der Waals surface area contributed by atoms with E-state index in [4.69, 9.17) is 14.1 Å². The normalized spacial score (nSPS) is 11.9. The summed E-state index contributed by atoms with van der Waals surface area (Å²) in [5, 5.41) is 4.98. The van der Waals surface area contributed by atoms with Crippen LogP contribution in [0, 0.1) is 6.92 Å². The maximum Gasteiger partial charge on any atom is 0.282 e. The van der Waals surface area contributed by atoms with E-state index in [0.717, 1.165) is 22.4 Å². The average Bonchev–Trinajstić information content (AvgIpc) is 3.31. The Balaban J connectivity index is 1.90. The van der Waals surface area contributed by atoms with Crippen molar-refractivity contribution in [2.45, 2.75) is 33.6 Å². The van der Waals surface area contributed by atoms with Crippen molar-refractivity contribution in [2.75, 3.05) is 6.61 Å². The highest BCUT2D eigenvalue weighted by molar-refractivity contribution is 5.81. The van der Waals surface area contributed by atoms with E-state index in [1.54, 1.807) is 30.7 Å². The summed E-state index contributed by atoms with van der Waals surface area (Å²) in [4.78, 5) is 18.2. The Morgan fingerprint density at radius 1 is 1.18 bits per heavy atom. The fourth-order valence-corrected chi connectivity index (χ4v) is 3.71. The molecule has 0 N–H and O–H groups in total. The minimum Gasteiger partial charge on any atom is -0.494 e. The molecule has 168 valence electrons. The average molecular weight is 442 g/mol. The third-order valence-electron chi connectivity index (χ3n) is 5.35. The van der Waals surface area contributed by atoms with E-state index in [1.807, 2.05) is 50.2 Å². The molecule has 0 amide bonds. The fourth-order valence-electron chi connectivity index (χ4n) is 3.71. The van der Waals surface area contributed by atoms with Crippen molar-refractivity contribution in [1.29, 1.82) is 0 Å². The summed E-state index contributed by atoms with van der Waals surface area (Å²) in [6, 6.07) is 15.1. The van der Waals surface area contributed by atoms with Crippen molar-refractivity contribution < 1.29 is 9.15 Å². The van der Waals surface area contributed by atoms with Gasteiger partial charge in [-0.05, 0) is 79.4 Å². The van der Waals surface area contributed by atoms with Gasteiger partial charge in [-0.2, -0.15) is 9.78 Å². The van der Waals surface area contributed by atoms with E-state index in [2.05, 4.69) is 25.0 Å². The summed E-state index contributed by atoms with van der Waals surface area (Å²) in [5.41, 5.74) is 3.28. The molecule has 2 aromatic heterocycles. The lowest BCUT2D eigenvalue weighted by Gasteiger charge is -2.18. The lowest BCUT2D eigenvalue weighted by atomic mass is 9.96. The van der Waals surface area contributed by atoms with Crippen LogP contribution in [0.1, 0.15) is 43.6 Å². The maximum atomic E-state index is 13.4. The fraction of sp³-hybridized carbons (Fsp3) is 0.222. The third kappa shape index (κ3) is 4.65. The summed E-state index contributed by atoms with van der Waals surface area (Å²) in [6.45, 7) is 8.80. The van der Waals surface area contributed by atoms with Crippen LogP contribution in [0.4, 0.5) is 0 Å². The first-order chi connectivity index (χ1) is 16.0. The summed E-state index contributed by atoms with van der Waals surface area (Å²) in [5.74, 6) is 2.29. The molecule has 0 bridgehead atoms. The topological polar surface area (TPSA) is 69.6 Å². The monoisotopic (exact) mass is 441 g/mol. The lowest BCUT2D eigenvalue weighted by molar-refractivity contribution is 0.335. The number of hydrogen-bond donors (Lipinski definition) is 0. The van der Waals surface area contributed by atoms with Crippen LogP contribution in [-0.2, 0) is 0 Å². The van der Waals surface area contributed by atoms with E-state index in [9.17, 15) is 4.79 Å². The number of aryl methyl sites for hydroxylation is 1.